The van der Waals surface area contributed by atoms with Gasteiger partial charge in [-0.25, -0.2) is 4.98 Å². The number of carbonyl (C=O) groups is 2. The molecule has 0 fully saturated rings. The van der Waals surface area contributed by atoms with E-state index in [1.165, 1.54) is 18.3 Å². The minimum Gasteiger partial charge on any atom is -0.393 e. The van der Waals surface area contributed by atoms with Crippen LogP contribution in [0.4, 0.5) is 0 Å². The van der Waals surface area contributed by atoms with Crippen LogP contribution in [0.3, 0.4) is 0 Å². The fourth-order valence-electron chi connectivity index (χ4n) is 1.55. The SMILES string of the molecule is CC(=O)OC(=O)C(C)c1csc(-c2ccccc2)n1. The lowest BCUT2D eigenvalue weighted by Crippen LogP contribution is -2.16. The van der Waals surface area contributed by atoms with E-state index in [9.17, 15) is 9.59 Å². The maximum absolute atomic E-state index is 11.6. The molecule has 19 heavy (non-hydrogen) atoms. The Labute approximate surface area is 115 Å². The van der Waals surface area contributed by atoms with Gasteiger partial charge in [-0.1, -0.05) is 30.3 Å². The maximum Gasteiger partial charge on any atom is 0.322 e. The molecule has 1 aromatic heterocycles. The highest BCUT2D eigenvalue weighted by atomic mass is 32.1. The van der Waals surface area contributed by atoms with Gasteiger partial charge in [0.05, 0.1) is 11.6 Å². The summed E-state index contributed by atoms with van der Waals surface area (Å²) < 4.78 is 4.57. The topological polar surface area (TPSA) is 56.3 Å². The number of hydrogen-bond acceptors (Lipinski definition) is 5. The van der Waals surface area contributed by atoms with Gasteiger partial charge in [-0.3, -0.25) is 9.59 Å². The van der Waals surface area contributed by atoms with E-state index in [1.54, 1.807) is 6.92 Å². The Morgan fingerprint density at radius 1 is 1.26 bits per heavy atom. The summed E-state index contributed by atoms with van der Waals surface area (Å²) in [6.07, 6.45) is 0. The molecule has 98 valence electrons. The number of hydrogen-bond donors (Lipinski definition) is 0. The number of carbonyl (C=O) groups excluding carboxylic acids is 2. The minimum absolute atomic E-state index is 0.544. The van der Waals surface area contributed by atoms with Crippen LogP contribution in [0.5, 0.6) is 0 Å². The van der Waals surface area contributed by atoms with Crippen molar-refractivity contribution in [2.24, 2.45) is 0 Å². The van der Waals surface area contributed by atoms with Gasteiger partial charge in [0.15, 0.2) is 0 Å². The molecule has 0 aliphatic rings. The molecular weight excluding hydrogens is 262 g/mol. The highest BCUT2D eigenvalue weighted by molar-refractivity contribution is 7.13. The quantitative estimate of drug-likeness (QED) is 0.638. The van der Waals surface area contributed by atoms with Gasteiger partial charge in [-0.05, 0) is 6.92 Å². The van der Waals surface area contributed by atoms with Crippen LogP contribution in [0.15, 0.2) is 35.7 Å². The van der Waals surface area contributed by atoms with Crippen molar-refractivity contribution in [2.45, 2.75) is 19.8 Å². The van der Waals surface area contributed by atoms with E-state index >= 15 is 0 Å². The number of ether oxygens (including phenoxy) is 1. The Morgan fingerprint density at radius 2 is 1.95 bits per heavy atom. The second-order valence-corrected chi connectivity index (χ2v) is 4.94. The third-order valence-corrected chi connectivity index (χ3v) is 3.49. The minimum atomic E-state index is -0.602. The molecule has 0 aliphatic carbocycles. The van der Waals surface area contributed by atoms with Crippen molar-refractivity contribution in [3.8, 4) is 10.6 Å². The summed E-state index contributed by atoms with van der Waals surface area (Å²) in [4.78, 5) is 26.8. The van der Waals surface area contributed by atoms with Crippen LogP contribution in [0.25, 0.3) is 10.6 Å². The number of thiazole rings is 1. The van der Waals surface area contributed by atoms with Crippen molar-refractivity contribution in [1.82, 2.24) is 4.98 Å². The smallest absolute Gasteiger partial charge is 0.322 e. The Balaban J connectivity index is 2.17. The second-order valence-electron chi connectivity index (χ2n) is 4.08. The van der Waals surface area contributed by atoms with E-state index in [0.717, 1.165) is 10.6 Å². The zero-order valence-electron chi connectivity index (χ0n) is 10.6. The summed E-state index contributed by atoms with van der Waals surface area (Å²) in [6, 6.07) is 9.72. The Bertz CT molecular complexity index is 592. The highest BCUT2D eigenvalue weighted by Crippen LogP contribution is 2.27. The lowest BCUT2D eigenvalue weighted by Gasteiger charge is -2.05. The molecule has 1 heterocycles. The van der Waals surface area contributed by atoms with Crippen LogP contribution in [0.1, 0.15) is 25.5 Å². The first kappa shape index (κ1) is 13.4. The molecule has 4 nitrogen and oxygen atoms in total. The van der Waals surface area contributed by atoms with E-state index in [-0.39, 0.29) is 0 Å². The first-order valence-electron chi connectivity index (χ1n) is 5.81. The first-order chi connectivity index (χ1) is 9.08. The molecule has 1 aromatic carbocycles. The van der Waals surface area contributed by atoms with Crippen LogP contribution >= 0.6 is 11.3 Å². The zero-order valence-corrected chi connectivity index (χ0v) is 11.4. The number of benzene rings is 1. The van der Waals surface area contributed by atoms with Gasteiger partial charge in [0, 0.05) is 17.9 Å². The Hall–Kier alpha value is -2.01. The maximum atomic E-state index is 11.6. The molecule has 0 N–H and O–H groups in total. The summed E-state index contributed by atoms with van der Waals surface area (Å²) >= 11 is 1.46. The predicted octanol–water partition coefficient (Wildman–Crippen LogP) is 3.00. The molecule has 0 aliphatic heterocycles. The third-order valence-electron chi connectivity index (χ3n) is 2.58. The number of nitrogens with zero attached hydrogens (tertiary/aromatic N) is 1. The van der Waals surface area contributed by atoms with Crippen LogP contribution in [0, 0.1) is 0 Å². The van der Waals surface area contributed by atoms with Crippen LogP contribution in [0.2, 0.25) is 0 Å². The molecule has 1 unspecified atom stereocenters. The molecule has 0 radical (unpaired) electrons. The standard InChI is InChI=1S/C14H13NO3S/c1-9(14(17)18-10(2)16)12-8-19-13(15-12)11-6-4-3-5-7-11/h3-9H,1-2H3. The van der Waals surface area contributed by atoms with Crippen LogP contribution < -0.4 is 0 Å². The van der Waals surface area contributed by atoms with Gasteiger partial charge in [-0.2, -0.15) is 0 Å². The summed E-state index contributed by atoms with van der Waals surface area (Å²) in [5.41, 5.74) is 1.63. The summed E-state index contributed by atoms with van der Waals surface area (Å²) in [7, 11) is 0. The molecule has 1 atom stereocenters. The molecule has 0 amide bonds. The van der Waals surface area contributed by atoms with Gasteiger partial charge in [0.25, 0.3) is 0 Å². The summed E-state index contributed by atoms with van der Waals surface area (Å²) in [5, 5.41) is 2.66. The fourth-order valence-corrected chi connectivity index (χ4v) is 2.47. The molecule has 2 rings (SSSR count). The number of esters is 2. The molecule has 5 heteroatoms. The summed E-state index contributed by atoms with van der Waals surface area (Å²) in [6.45, 7) is 2.89. The van der Waals surface area contributed by atoms with E-state index in [0.29, 0.717) is 5.69 Å². The third kappa shape index (κ3) is 3.26. The molecule has 0 spiro atoms. The number of rotatable bonds is 3. The molecular formula is C14H13NO3S. The lowest BCUT2D eigenvalue weighted by molar-refractivity contribution is -0.158. The van der Waals surface area contributed by atoms with Gasteiger partial charge in [0.1, 0.15) is 5.01 Å². The predicted molar refractivity (Wildman–Crippen MR) is 72.7 cm³/mol. The average Bonchev–Trinajstić information content (AvgIpc) is 2.87. The van der Waals surface area contributed by atoms with Gasteiger partial charge in [0.2, 0.25) is 0 Å². The molecule has 0 bridgehead atoms. The first-order valence-corrected chi connectivity index (χ1v) is 6.69. The van der Waals surface area contributed by atoms with Crippen LogP contribution in [-0.4, -0.2) is 16.9 Å². The van der Waals surface area contributed by atoms with Gasteiger partial charge in [-0.15, -0.1) is 11.3 Å². The fraction of sp³-hybridized carbons (Fsp3) is 0.214. The monoisotopic (exact) mass is 275 g/mol. The lowest BCUT2D eigenvalue weighted by atomic mass is 10.1. The highest BCUT2D eigenvalue weighted by Gasteiger charge is 2.21. The van der Waals surface area contributed by atoms with Crippen molar-refractivity contribution in [3.63, 3.8) is 0 Å². The van der Waals surface area contributed by atoms with Crippen molar-refractivity contribution >= 4 is 23.3 Å². The van der Waals surface area contributed by atoms with Crippen LogP contribution in [-0.2, 0) is 14.3 Å². The Morgan fingerprint density at radius 3 is 2.58 bits per heavy atom. The second kappa shape index (κ2) is 5.75. The van der Waals surface area contributed by atoms with Crippen molar-refractivity contribution in [1.29, 1.82) is 0 Å². The van der Waals surface area contributed by atoms with Crippen molar-refractivity contribution < 1.29 is 14.3 Å². The van der Waals surface area contributed by atoms with Crippen molar-refractivity contribution in [2.75, 3.05) is 0 Å². The Kier molecular flexibility index (Phi) is 4.06. The normalized spacial score (nSPS) is 11.9. The van der Waals surface area contributed by atoms with Gasteiger partial charge < -0.3 is 4.74 Å². The average molecular weight is 275 g/mol. The molecule has 0 saturated carbocycles. The van der Waals surface area contributed by atoms with E-state index in [2.05, 4.69) is 9.72 Å². The number of aromatic nitrogens is 1. The molecule has 0 saturated heterocycles. The largest absolute Gasteiger partial charge is 0.393 e. The molecule has 2 aromatic rings. The van der Waals surface area contributed by atoms with E-state index < -0.39 is 17.9 Å². The van der Waals surface area contributed by atoms with Crippen molar-refractivity contribution in [3.05, 3.63) is 41.4 Å². The summed E-state index contributed by atoms with van der Waals surface area (Å²) in [5.74, 6) is -1.72. The van der Waals surface area contributed by atoms with E-state index in [4.69, 9.17) is 0 Å². The van der Waals surface area contributed by atoms with Gasteiger partial charge >= 0.3 is 11.9 Å². The zero-order chi connectivity index (χ0) is 13.8. The van der Waals surface area contributed by atoms with E-state index in [1.807, 2.05) is 35.7 Å².